The van der Waals surface area contributed by atoms with E-state index < -0.39 is 25.9 Å². The van der Waals surface area contributed by atoms with Gasteiger partial charge in [0.1, 0.15) is 0 Å². The van der Waals surface area contributed by atoms with Crippen molar-refractivity contribution in [2.75, 3.05) is 0 Å². The minimum absolute atomic E-state index is 0.0590. The third kappa shape index (κ3) is 5.46. The number of rotatable bonds is 9. The fourth-order valence-electron chi connectivity index (χ4n) is 10.5. The van der Waals surface area contributed by atoms with Crippen molar-refractivity contribution in [2.24, 2.45) is 0 Å². The molecule has 0 N–H and O–H groups in total. The van der Waals surface area contributed by atoms with Gasteiger partial charge in [-0.15, -0.1) is 0 Å². The van der Waals surface area contributed by atoms with Crippen LogP contribution in [0.4, 0.5) is 0 Å². The summed E-state index contributed by atoms with van der Waals surface area (Å²) >= 11 is -5.54. The first-order valence-electron chi connectivity index (χ1n) is 19.8. The van der Waals surface area contributed by atoms with Crippen LogP contribution in [0.15, 0.2) is 139 Å². The summed E-state index contributed by atoms with van der Waals surface area (Å²) in [5.74, 6) is 0. The number of aryl methyl sites for hydroxylation is 2. The van der Waals surface area contributed by atoms with Crippen molar-refractivity contribution in [3.63, 3.8) is 0 Å². The Bertz CT molecular complexity index is 2420. The summed E-state index contributed by atoms with van der Waals surface area (Å²) in [5, 5.41) is 2.98. The fraction of sp³-hybridized carbons (Fsp3) is 0.200. The predicted octanol–water partition coefficient (Wildman–Crippen LogP) is 12.2. The monoisotopic (exact) mass is 835 g/mol. The normalized spacial score (nSPS) is 18.0. The molecule has 6 aromatic carbocycles. The molecule has 2 atom stereocenters. The second-order valence-corrected chi connectivity index (χ2v) is 38.3. The second kappa shape index (κ2) is 13.9. The number of hydrogen-bond donors (Lipinski definition) is 0. The average molecular weight is 838 g/mol. The molecular weight excluding hydrogens is 791 g/mol. The Kier molecular flexibility index (Phi) is 9.30. The van der Waals surface area contributed by atoms with Gasteiger partial charge in [0, 0.05) is 0 Å². The molecule has 269 valence electrons. The van der Waals surface area contributed by atoms with E-state index in [0.717, 1.165) is 25.7 Å². The molecule has 0 saturated carbocycles. The van der Waals surface area contributed by atoms with Gasteiger partial charge in [-0.3, -0.25) is 0 Å². The summed E-state index contributed by atoms with van der Waals surface area (Å²) < 4.78 is 1.19. The first-order valence-corrected chi connectivity index (χ1v) is 31.6. The molecule has 0 saturated heterocycles. The van der Waals surface area contributed by atoms with E-state index in [1.54, 1.807) is 0 Å². The molecule has 0 fully saturated rings. The van der Waals surface area contributed by atoms with Crippen LogP contribution in [0.3, 0.4) is 0 Å². The number of allylic oxidation sites excluding steroid dienone is 2. The van der Waals surface area contributed by atoms with Crippen LogP contribution in [-0.2, 0) is 16.4 Å². The Morgan fingerprint density at radius 3 is 1.46 bits per heavy atom. The molecule has 2 aliphatic carbocycles. The Hall–Kier alpha value is -3.52. The average Bonchev–Trinajstić information content (AvgIpc) is 3.87. The number of benzene rings is 6. The summed E-state index contributed by atoms with van der Waals surface area (Å²) in [6, 6.07) is 47.5. The number of halogens is 2. The molecule has 6 aromatic rings. The quantitative estimate of drug-likeness (QED) is 0.127. The summed E-state index contributed by atoms with van der Waals surface area (Å²) in [4.78, 5) is 0. The van der Waals surface area contributed by atoms with E-state index in [0.29, 0.717) is 0 Å². The Balaban J connectivity index is 1.37. The molecule has 0 spiro atoms. The molecule has 0 amide bonds. The van der Waals surface area contributed by atoms with Crippen LogP contribution in [0.1, 0.15) is 80.2 Å². The summed E-state index contributed by atoms with van der Waals surface area (Å²) in [5.41, 5.74) is 18.5. The first kappa shape index (κ1) is 36.1. The topological polar surface area (TPSA) is 0 Å². The van der Waals surface area contributed by atoms with E-state index in [9.17, 15) is 17.0 Å². The van der Waals surface area contributed by atoms with Gasteiger partial charge in [-0.05, 0) is 0 Å². The van der Waals surface area contributed by atoms with Crippen molar-refractivity contribution in [1.82, 2.24) is 0 Å². The molecule has 0 nitrogen and oxygen atoms in total. The van der Waals surface area contributed by atoms with Crippen LogP contribution in [0, 0.1) is 13.8 Å². The van der Waals surface area contributed by atoms with Crippen molar-refractivity contribution in [1.29, 1.82) is 0 Å². The molecule has 3 aliphatic rings. The fourth-order valence-corrected chi connectivity index (χ4v) is 38.5. The Morgan fingerprint density at radius 1 is 0.500 bits per heavy atom. The summed E-state index contributed by atoms with van der Waals surface area (Å²) in [6.45, 7) is 9.07. The van der Waals surface area contributed by atoms with Crippen LogP contribution in [-0.4, -0.2) is 9.52 Å². The van der Waals surface area contributed by atoms with Gasteiger partial charge in [-0.2, -0.15) is 0 Å². The van der Waals surface area contributed by atoms with Crippen LogP contribution in [0.5, 0.6) is 0 Å². The van der Waals surface area contributed by atoms with Gasteiger partial charge in [0.2, 0.25) is 0 Å². The van der Waals surface area contributed by atoms with Crippen LogP contribution >= 0.6 is 17.0 Å². The van der Waals surface area contributed by atoms with Crippen LogP contribution in [0.25, 0.3) is 45.5 Å². The van der Waals surface area contributed by atoms with Gasteiger partial charge < -0.3 is 0 Å². The van der Waals surface area contributed by atoms with E-state index in [2.05, 4.69) is 167 Å². The van der Waals surface area contributed by atoms with Crippen LogP contribution in [0.2, 0.25) is 0 Å². The third-order valence-electron chi connectivity index (χ3n) is 12.7. The molecule has 1 aliphatic heterocycles. The van der Waals surface area contributed by atoms with Crippen molar-refractivity contribution in [3.05, 3.63) is 172 Å². The summed E-state index contributed by atoms with van der Waals surface area (Å²) in [7, 11) is 17.7. The van der Waals surface area contributed by atoms with E-state index in [-0.39, 0.29) is 7.25 Å². The van der Waals surface area contributed by atoms with Gasteiger partial charge in [0.05, 0.1) is 0 Å². The zero-order valence-corrected chi connectivity index (χ0v) is 37.1. The SMILES string of the molecule is CCCC1=Cc2c(-c3ccccc3C)cccc2[CH]1[Zr]([Cl])([Cl])([c]1cccc2c1[SiH2]c1ccccc1-2)[CH]1C(CCC)=Cc2c(-c3ccccc3C)cccc21. The van der Waals surface area contributed by atoms with Gasteiger partial charge in [0.25, 0.3) is 0 Å². The van der Waals surface area contributed by atoms with Gasteiger partial charge in [-0.25, -0.2) is 0 Å². The Labute approximate surface area is 332 Å². The van der Waals surface area contributed by atoms with Crippen molar-refractivity contribution in [2.45, 2.75) is 60.6 Å². The molecule has 1 heterocycles. The third-order valence-corrected chi connectivity index (χ3v) is 35.5. The second-order valence-electron chi connectivity index (χ2n) is 15.9. The van der Waals surface area contributed by atoms with Crippen molar-refractivity contribution >= 4 is 52.3 Å². The number of fused-ring (bicyclic) bond motifs is 5. The molecule has 9 rings (SSSR count). The zero-order chi connectivity index (χ0) is 37.2. The maximum atomic E-state index is 9.25. The molecule has 54 heavy (non-hydrogen) atoms. The predicted molar refractivity (Wildman–Crippen MR) is 236 cm³/mol. The van der Waals surface area contributed by atoms with E-state index >= 15 is 0 Å². The van der Waals surface area contributed by atoms with Crippen molar-refractivity contribution < 1.29 is 16.4 Å². The zero-order valence-electron chi connectivity index (χ0n) is 31.7. The van der Waals surface area contributed by atoms with Gasteiger partial charge in [0.15, 0.2) is 0 Å². The van der Waals surface area contributed by atoms with E-state index in [1.165, 1.54) is 91.6 Å². The Morgan fingerprint density at radius 2 is 0.944 bits per heavy atom. The molecule has 0 radical (unpaired) electrons. The summed E-state index contributed by atoms with van der Waals surface area (Å²) in [6.07, 6.45) is 9.05. The minimum atomic E-state index is -5.54. The molecule has 2 unspecified atom stereocenters. The number of hydrogen-bond acceptors (Lipinski definition) is 0. The maximum absolute atomic E-state index is 9.25. The molecule has 0 aromatic heterocycles. The van der Waals surface area contributed by atoms with Crippen molar-refractivity contribution in [3.8, 4) is 33.4 Å². The van der Waals surface area contributed by atoms with Gasteiger partial charge in [-0.1, -0.05) is 0 Å². The van der Waals surface area contributed by atoms with Gasteiger partial charge >= 0.3 is 335 Å². The first-order chi connectivity index (χ1) is 26.2. The van der Waals surface area contributed by atoms with E-state index in [4.69, 9.17) is 0 Å². The molecule has 0 bridgehead atoms. The van der Waals surface area contributed by atoms with E-state index in [1.807, 2.05) is 0 Å². The molecular formula is C50H47Cl2SiZr. The van der Waals surface area contributed by atoms with Crippen LogP contribution < -0.4 is 13.6 Å². The molecule has 4 heteroatoms. The standard InChI is InChI=1S/2C19H19.C12H9Si.2ClH.Zr/c2*1-3-7-15-12-16-9-6-11-18(19(16)13-15)17-10-5-4-8-14(17)2;1-3-7-11-9(5-1)10-6-2-4-8-12(10)13-11;;;/h2*4-6,8-13H,3,7H2,1-2H3;1-7H,13H2;2*1H;/q;;;;;+2/p-2.